The number of anilines is 1. The third-order valence-electron chi connectivity index (χ3n) is 4.45. The first kappa shape index (κ1) is 24.8. The Labute approximate surface area is 188 Å². The van der Waals surface area contributed by atoms with Gasteiger partial charge in [0, 0.05) is 24.2 Å². The third kappa shape index (κ3) is 6.49. The van der Waals surface area contributed by atoms with Crippen molar-refractivity contribution in [3.05, 3.63) is 52.5 Å². The van der Waals surface area contributed by atoms with Gasteiger partial charge in [0.1, 0.15) is 0 Å². The Hall–Kier alpha value is -2.49. The number of carbonyl (C=O) groups is 1. The molecule has 1 atom stereocenters. The Morgan fingerprint density at radius 3 is 2.19 bits per heavy atom. The largest absolute Gasteiger partial charge is 0.493 e. The van der Waals surface area contributed by atoms with Gasteiger partial charge in [0.05, 0.1) is 44.9 Å². The number of hydrogen-bond acceptors (Lipinski definition) is 6. The van der Waals surface area contributed by atoms with E-state index in [-0.39, 0.29) is 23.8 Å². The molecule has 0 spiro atoms. The second kappa shape index (κ2) is 10.7. The molecular formula is C21H27ClN2O6S. The van der Waals surface area contributed by atoms with Crippen LogP contribution in [0.15, 0.2) is 36.4 Å². The van der Waals surface area contributed by atoms with Crippen molar-refractivity contribution in [2.24, 2.45) is 0 Å². The summed E-state index contributed by atoms with van der Waals surface area (Å²) in [6.45, 7) is 2.08. The average molecular weight is 471 g/mol. The summed E-state index contributed by atoms with van der Waals surface area (Å²) in [5, 5.41) is 3.34. The van der Waals surface area contributed by atoms with Crippen molar-refractivity contribution >= 4 is 33.2 Å². The molecule has 2 rings (SSSR count). The summed E-state index contributed by atoms with van der Waals surface area (Å²) in [7, 11) is 0.639. The number of nitrogens with one attached hydrogen (secondary N) is 1. The second-order valence-corrected chi connectivity index (χ2v) is 9.29. The predicted octanol–water partition coefficient (Wildman–Crippen LogP) is 3.09. The molecule has 0 saturated heterocycles. The summed E-state index contributed by atoms with van der Waals surface area (Å²) in [4.78, 5) is 13.0. The first-order valence-electron chi connectivity index (χ1n) is 9.38. The van der Waals surface area contributed by atoms with Crippen molar-refractivity contribution in [3.63, 3.8) is 0 Å². The first-order valence-corrected chi connectivity index (χ1v) is 11.6. The van der Waals surface area contributed by atoms with Crippen molar-refractivity contribution in [3.8, 4) is 11.5 Å². The molecule has 0 fully saturated rings. The summed E-state index contributed by atoms with van der Waals surface area (Å²) in [6.07, 6.45) is 1.08. The molecule has 0 saturated carbocycles. The first-order chi connectivity index (χ1) is 14.6. The molecule has 1 N–H and O–H groups in total. The van der Waals surface area contributed by atoms with E-state index in [2.05, 4.69) is 5.32 Å². The van der Waals surface area contributed by atoms with Gasteiger partial charge in [-0.25, -0.2) is 8.42 Å². The molecule has 1 amide bonds. The third-order valence-corrected chi connectivity index (χ3v) is 5.83. The lowest BCUT2D eigenvalue weighted by molar-refractivity contribution is 0.0906. The van der Waals surface area contributed by atoms with Crippen LogP contribution < -0.4 is 19.1 Å². The molecule has 0 aromatic heterocycles. The van der Waals surface area contributed by atoms with E-state index in [4.69, 9.17) is 25.8 Å². The molecule has 0 bridgehead atoms. The smallest absolute Gasteiger partial charge is 0.253 e. The van der Waals surface area contributed by atoms with Crippen LogP contribution >= 0.6 is 11.6 Å². The van der Waals surface area contributed by atoms with E-state index in [1.807, 2.05) is 0 Å². The molecule has 31 heavy (non-hydrogen) atoms. The fourth-order valence-electron chi connectivity index (χ4n) is 2.99. The Morgan fingerprint density at radius 2 is 1.68 bits per heavy atom. The molecule has 0 unspecified atom stereocenters. The van der Waals surface area contributed by atoms with E-state index < -0.39 is 15.9 Å². The molecule has 0 heterocycles. The second-order valence-electron chi connectivity index (χ2n) is 6.95. The number of sulfonamides is 1. The van der Waals surface area contributed by atoms with Crippen LogP contribution in [0.4, 0.5) is 5.69 Å². The number of halogens is 1. The lowest BCUT2D eigenvalue weighted by Gasteiger charge is -2.26. The highest BCUT2D eigenvalue weighted by Crippen LogP contribution is 2.37. The van der Waals surface area contributed by atoms with Crippen molar-refractivity contribution in [1.82, 2.24) is 5.32 Å². The van der Waals surface area contributed by atoms with Crippen molar-refractivity contribution in [2.45, 2.75) is 19.5 Å². The molecule has 170 valence electrons. The highest BCUT2D eigenvalue weighted by Gasteiger charge is 2.27. The maximum absolute atomic E-state index is 13.0. The van der Waals surface area contributed by atoms with Gasteiger partial charge in [-0.1, -0.05) is 23.7 Å². The molecule has 0 radical (unpaired) electrons. The molecular weight excluding hydrogens is 444 g/mol. The van der Waals surface area contributed by atoms with Crippen molar-refractivity contribution < 1.29 is 27.4 Å². The van der Waals surface area contributed by atoms with E-state index >= 15 is 0 Å². The van der Waals surface area contributed by atoms with Crippen LogP contribution in [0.3, 0.4) is 0 Å². The molecule has 2 aromatic carbocycles. The minimum Gasteiger partial charge on any atom is -0.493 e. The number of hydrogen-bond donors (Lipinski definition) is 1. The minimum absolute atomic E-state index is 0.000605. The van der Waals surface area contributed by atoms with Gasteiger partial charge >= 0.3 is 0 Å². The fourth-order valence-corrected chi connectivity index (χ4v) is 4.00. The monoisotopic (exact) mass is 470 g/mol. The lowest BCUT2D eigenvalue weighted by Crippen LogP contribution is -2.37. The summed E-state index contributed by atoms with van der Waals surface area (Å²) in [5.74, 6) is 0.129. The summed E-state index contributed by atoms with van der Waals surface area (Å²) < 4.78 is 42.3. The Bertz CT molecular complexity index is 1010. The fraction of sp³-hybridized carbons (Fsp3) is 0.381. The van der Waals surface area contributed by atoms with Crippen LogP contribution in [-0.4, -0.2) is 54.6 Å². The molecule has 10 heteroatoms. The summed E-state index contributed by atoms with van der Waals surface area (Å²) in [6, 6.07) is 9.44. The van der Waals surface area contributed by atoms with Crippen LogP contribution in [0.5, 0.6) is 11.5 Å². The highest BCUT2D eigenvalue weighted by atomic mass is 35.5. The van der Waals surface area contributed by atoms with Crippen molar-refractivity contribution in [1.29, 1.82) is 0 Å². The van der Waals surface area contributed by atoms with Gasteiger partial charge in [-0.15, -0.1) is 0 Å². The predicted molar refractivity (Wildman–Crippen MR) is 121 cm³/mol. The maximum Gasteiger partial charge on any atom is 0.253 e. The Balaban J connectivity index is 2.61. The van der Waals surface area contributed by atoms with Crippen molar-refractivity contribution in [2.75, 3.05) is 38.5 Å². The van der Waals surface area contributed by atoms with Crippen LogP contribution in [0.1, 0.15) is 22.8 Å². The Morgan fingerprint density at radius 1 is 1.10 bits per heavy atom. The zero-order chi connectivity index (χ0) is 23.2. The van der Waals surface area contributed by atoms with E-state index in [0.29, 0.717) is 28.7 Å². The van der Waals surface area contributed by atoms with Crippen LogP contribution in [0, 0.1) is 0 Å². The van der Waals surface area contributed by atoms with Gasteiger partial charge < -0.3 is 19.5 Å². The van der Waals surface area contributed by atoms with Crippen LogP contribution in [0.2, 0.25) is 5.02 Å². The van der Waals surface area contributed by atoms with Gasteiger partial charge in [-0.2, -0.15) is 0 Å². The number of nitrogens with zero attached hydrogens (tertiary/aromatic N) is 1. The maximum atomic E-state index is 13.0. The Kier molecular flexibility index (Phi) is 8.55. The number of ether oxygens (including phenoxy) is 3. The number of rotatable bonds is 10. The van der Waals surface area contributed by atoms with E-state index in [1.165, 1.54) is 33.5 Å². The van der Waals surface area contributed by atoms with Gasteiger partial charge in [0.2, 0.25) is 10.0 Å². The lowest BCUT2D eigenvalue weighted by atomic mass is 10.1. The SMILES string of the molecule is COC[C@H](C)NC(=O)c1cc(OC)c(OC)cc1N(Cc1ccc(Cl)cc1)S(C)(=O)=O. The summed E-state index contributed by atoms with van der Waals surface area (Å²) in [5.41, 5.74) is 0.987. The topological polar surface area (TPSA) is 94.2 Å². The van der Waals surface area contributed by atoms with E-state index in [1.54, 1.807) is 31.2 Å². The van der Waals surface area contributed by atoms with Gasteiger partial charge in [-0.3, -0.25) is 9.10 Å². The summed E-state index contributed by atoms with van der Waals surface area (Å²) >= 11 is 5.94. The van der Waals surface area contributed by atoms with Gasteiger partial charge in [0.15, 0.2) is 11.5 Å². The highest BCUT2D eigenvalue weighted by molar-refractivity contribution is 7.92. The standard InChI is InChI=1S/C21H27ClN2O6S/c1-14(13-28-2)23-21(25)17-10-19(29-3)20(30-4)11-18(17)24(31(5,26)27)12-15-6-8-16(22)9-7-15/h6-11,14H,12-13H2,1-5H3,(H,23,25)/t14-/m0/s1. The molecule has 2 aromatic rings. The quantitative estimate of drug-likeness (QED) is 0.573. The number of carbonyl (C=O) groups excluding carboxylic acids is 1. The number of amides is 1. The zero-order valence-electron chi connectivity index (χ0n) is 18.1. The van der Waals surface area contributed by atoms with E-state index in [9.17, 15) is 13.2 Å². The van der Waals surface area contributed by atoms with E-state index in [0.717, 1.165) is 10.6 Å². The number of methoxy groups -OCH3 is 3. The van der Waals surface area contributed by atoms with Crippen LogP contribution in [0.25, 0.3) is 0 Å². The van der Waals surface area contributed by atoms with Crippen LogP contribution in [-0.2, 0) is 21.3 Å². The number of benzene rings is 2. The average Bonchev–Trinajstić information content (AvgIpc) is 2.71. The molecule has 0 aliphatic carbocycles. The molecule has 0 aliphatic rings. The molecule has 8 nitrogen and oxygen atoms in total. The normalized spacial score (nSPS) is 12.2. The zero-order valence-corrected chi connectivity index (χ0v) is 19.7. The van der Waals surface area contributed by atoms with Gasteiger partial charge in [-0.05, 0) is 30.7 Å². The minimum atomic E-state index is -3.77. The molecule has 0 aliphatic heterocycles. The van der Waals surface area contributed by atoms with Gasteiger partial charge in [0.25, 0.3) is 5.91 Å².